The predicted molar refractivity (Wildman–Crippen MR) is 83.4 cm³/mol. The first-order valence-corrected chi connectivity index (χ1v) is 7.02. The van der Waals surface area contributed by atoms with Crippen molar-refractivity contribution in [1.29, 1.82) is 0 Å². The predicted octanol–water partition coefficient (Wildman–Crippen LogP) is 2.82. The number of aromatic nitrogens is 3. The van der Waals surface area contributed by atoms with Gasteiger partial charge < -0.3 is 5.32 Å². The first-order valence-electron chi connectivity index (χ1n) is 7.02. The smallest absolute Gasteiger partial charge is 0.258 e. The number of H-pyrrole nitrogens is 1. The second-order valence-electron chi connectivity index (χ2n) is 5.44. The Labute approximate surface area is 124 Å². The van der Waals surface area contributed by atoms with Crippen LogP contribution in [0.4, 0.5) is 11.6 Å². The normalized spacial score (nSPS) is 12.2. The van der Waals surface area contributed by atoms with Gasteiger partial charge in [-0.25, -0.2) is 5.10 Å². The van der Waals surface area contributed by atoms with Crippen molar-refractivity contribution >= 4 is 17.5 Å². The number of amides is 1. The molecule has 1 aromatic heterocycles. The minimum Gasteiger partial charge on any atom is -0.382 e. The van der Waals surface area contributed by atoms with E-state index in [1.54, 1.807) is 6.07 Å². The van der Waals surface area contributed by atoms with Crippen molar-refractivity contribution in [3.05, 3.63) is 35.7 Å². The van der Waals surface area contributed by atoms with Crippen LogP contribution >= 0.6 is 0 Å². The Hall–Kier alpha value is -2.37. The highest BCUT2D eigenvalue weighted by Crippen LogP contribution is 2.21. The maximum Gasteiger partial charge on any atom is 0.258 e. The number of anilines is 2. The van der Waals surface area contributed by atoms with Gasteiger partial charge in [0.25, 0.3) is 5.91 Å². The molecule has 112 valence electrons. The number of aromatic amines is 1. The minimum absolute atomic E-state index is 0.204. The SMILES string of the molecule is Cc1c(N[C@@H](C)C(C)C)cccc1C(=O)Nc1ncn[nH]1. The number of nitrogens with one attached hydrogen (secondary N) is 3. The molecule has 6 heteroatoms. The molecule has 0 unspecified atom stereocenters. The molecule has 0 aliphatic heterocycles. The van der Waals surface area contributed by atoms with Gasteiger partial charge in [-0.1, -0.05) is 19.9 Å². The van der Waals surface area contributed by atoms with E-state index in [1.807, 2.05) is 19.1 Å². The molecule has 1 amide bonds. The van der Waals surface area contributed by atoms with Crippen molar-refractivity contribution in [1.82, 2.24) is 15.2 Å². The standard InChI is InChI=1S/C15H21N5O/c1-9(2)11(4)18-13-7-5-6-12(10(13)3)14(21)19-15-16-8-17-20-15/h5-9,11,18H,1-4H3,(H2,16,17,19,20,21)/t11-/m0/s1. The number of carbonyl (C=O) groups excluding carboxylic acids is 1. The van der Waals surface area contributed by atoms with Gasteiger partial charge in [0, 0.05) is 17.3 Å². The fourth-order valence-electron chi connectivity index (χ4n) is 1.89. The molecule has 6 nitrogen and oxygen atoms in total. The van der Waals surface area contributed by atoms with Gasteiger partial charge in [-0.05, 0) is 37.5 Å². The van der Waals surface area contributed by atoms with Gasteiger partial charge in [0.15, 0.2) is 0 Å². The molecule has 1 heterocycles. The highest BCUT2D eigenvalue weighted by atomic mass is 16.1. The quantitative estimate of drug-likeness (QED) is 0.789. The van der Waals surface area contributed by atoms with E-state index < -0.39 is 0 Å². The molecule has 1 aromatic carbocycles. The van der Waals surface area contributed by atoms with Gasteiger partial charge in [-0.3, -0.25) is 10.1 Å². The number of carbonyl (C=O) groups is 1. The summed E-state index contributed by atoms with van der Waals surface area (Å²) < 4.78 is 0. The maximum absolute atomic E-state index is 12.3. The van der Waals surface area contributed by atoms with E-state index in [1.165, 1.54) is 6.33 Å². The van der Waals surface area contributed by atoms with Crippen molar-refractivity contribution in [2.24, 2.45) is 5.92 Å². The Balaban J connectivity index is 2.19. The molecule has 0 aliphatic rings. The van der Waals surface area contributed by atoms with Crippen molar-refractivity contribution < 1.29 is 4.79 Å². The van der Waals surface area contributed by atoms with Crippen LogP contribution in [0.2, 0.25) is 0 Å². The third kappa shape index (κ3) is 3.59. The molecule has 0 saturated carbocycles. The van der Waals surface area contributed by atoms with E-state index in [4.69, 9.17) is 0 Å². The lowest BCUT2D eigenvalue weighted by molar-refractivity contribution is 0.102. The Kier molecular flexibility index (Phi) is 4.57. The number of benzene rings is 1. The number of hydrogen-bond acceptors (Lipinski definition) is 4. The van der Waals surface area contributed by atoms with Gasteiger partial charge in [-0.15, -0.1) is 0 Å². The lowest BCUT2D eigenvalue weighted by atomic mass is 10.0. The van der Waals surface area contributed by atoms with Crippen molar-refractivity contribution in [2.45, 2.75) is 33.7 Å². The van der Waals surface area contributed by atoms with E-state index >= 15 is 0 Å². The van der Waals surface area contributed by atoms with Gasteiger partial charge in [-0.2, -0.15) is 10.1 Å². The van der Waals surface area contributed by atoms with Crippen molar-refractivity contribution in [3.8, 4) is 0 Å². The molecule has 0 spiro atoms. The summed E-state index contributed by atoms with van der Waals surface area (Å²) in [5, 5.41) is 12.4. The largest absolute Gasteiger partial charge is 0.382 e. The molecule has 1 atom stereocenters. The van der Waals surface area contributed by atoms with Crippen LogP contribution in [-0.2, 0) is 0 Å². The molecule has 0 bridgehead atoms. The fourth-order valence-corrected chi connectivity index (χ4v) is 1.89. The van der Waals surface area contributed by atoms with Crippen LogP contribution in [-0.4, -0.2) is 27.1 Å². The topological polar surface area (TPSA) is 82.7 Å². The van der Waals surface area contributed by atoms with Gasteiger partial charge in [0.05, 0.1) is 0 Å². The zero-order valence-corrected chi connectivity index (χ0v) is 12.8. The summed E-state index contributed by atoms with van der Waals surface area (Å²) >= 11 is 0. The van der Waals surface area contributed by atoms with Crippen LogP contribution in [0.3, 0.4) is 0 Å². The highest BCUT2D eigenvalue weighted by molar-refractivity contribution is 6.05. The number of nitrogens with zero attached hydrogens (tertiary/aromatic N) is 2. The molecular weight excluding hydrogens is 266 g/mol. The monoisotopic (exact) mass is 287 g/mol. The second-order valence-corrected chi connectivity index (χ2v) is 5.44. The Morgan fingerprint density at radius 1 is 1.29 bits per heavy atom. The third-order valence-electron chi connectivity index (χ3n) is 3.61. The van der Waals surface area contributed by atoms with Crippen LogP contribution in [0.25, 0.3) is 0 Å². The summed E-state index contributed by atoms with van der Waals surface area (Å²) in [5.74, 6) is 0.648. The van der Waals surface area contributed by atoms with Gasteiger partial charge in [0.1, 0.15) is 6.33 Å². The molecule has 0 fully saturated rings. The zero-order chi connectivity index (χ0) is 15.4. The second kappa shape index (κ2) is 6.39. The van der Waals surface area contributed by atoms with Gasteiger partial charge >= 0.3 is 0 Å². The van der Waals surface area contributed by atoms with Gasteiger partial charge in [0.2, 0.25) is 5.95 Å². The third-order valence-corrected chi connectivity index (χ3v) is 3.61. The lowest BCUT2D eigenvalue weighted by Crippen LogP contribution is -2.23. The summed E-state index contributed by atoms with van der Waals surface area (Å²) in [6.45, 7) is 8.39. The summed E-state index contributed by atoms with van der Waals surface area (Å²) in [5.41, 5.74) is 2.51. The van der Waals surface area contributed by atoms with E-state index in [0.717, 1.165) is 11.3 Å². The summed E-state index contributed by atoms with van der Waals surface area (Å²) in [7, 11) is 0. The fraction of sp³-hybridized carbons (Fsp3) is 0.400. The maximum atomic E-state index is 12.3. The lowest BCUT2D eigenvalue weighted by Gasteiger charge is -2.21. The first kappa shape index (κ1) is 15.0. The summed E-state index contributed by atoms with van der Waals surface area (Å²) in [6.07, 6.45) is 1.35. The van der Waals surface area contributed by atoms with Crippen LogP contribution in [0, 0.1) is 12.8 Å². The van der Waals surface area contributed by atoms with Crippen LogP contribution in [0.15, 0.2) is 24.5 Å². The van der Waals surface area contributed by atoms with E-state index in [2.05, 4.69) is 46.6 Å². The average molecular weight is 287 g/mol. The molecule has 2 aromatic rings. The molecule has 2 rings (SSSR count). The average Bonchev–Trinajstić information content (AvgIpc) is 2.93. The van der Waals surface area contributed by atoms with Crippen molar-refractivity contribution in [2.75, 3.05) is 10.6 Å². The molecule has 0 saturated heterocycles. The van der Waals surface area contributed by atoms with Crippen LogP contribution in [0.5, 0.6) is 0 Å². The van der Waals surface area contributed by atoms with E-state index in [9.17, 15) is 4.79 Å². The molecule has 21 heavy (non-hydrogen) atoms. The summed E-state index contributed by atoms with van der Waals surface area (Å²) in [4.78, 5) is 16.2. The molecule has 3 N–H and O–H groups in total. The number of hydrogen-bond donors (Lipinski definition) is 3. The molecular formula is C15H21N5O. The zero-order valence-electron chi connectivity index (χ0n) is 12.8. The van der Waals surface area contributed by atoms with Crippen LogP contribution in [0.1, 0.15) is 36.7 Å². The van der Waals surface area contributed by atoms with Crippen molar-refractivity contribution in [3.63, 3.8) is 0 Å². The Morgan fingerprint density at radius 3 is 2.67 bits per heavy atom. The Bertz CT molecular complexity index is 607. The number of rotatable bonds is 5. The highest BCUT2D eigenvalue weighted by Gasteiger charge is 2.14. The molecule has 0 aliphatic carbocycles. The van der Waals surface area contributed by atoms with E-state index in [0.29, 0.717) is 23.5 Å². The minimum atomic E-state index is -0.204. The van der Waals surface area contributed by atoms with E-state index in [-0.39, 0.29) is 5.91 Å². The summed E-state index contributed by atoms with van der Waals surface area (Å²) in [6, 6.07) is 5.99. The molecule has 0 radical (unpaired) electrons. The Morgan fingerprint density at radius 2 is 2.05 bits per heavy atom. The first-order chi connectivity index (χ1) is 9.99. The van der Waals surface area contributed by atoms with Crippen LogP contribution < -0.4 is 10.6 Å².